The zero-order chi connectivity index (χ0) is 23.0. The average Bonchev–Trinajstić information content (AvgIpc) is 3.16. The fourth-order valence-corrected chi connectivity index (χ4v) is 3.93. The number of anilines is 1. The van der Waals surface area contributed by atoms with E-state index < -0.39 is 11.9 Å². The highest BCUT2D eigenvalue weighted by atomic mass is 16.5. The van der Waals surface area contributed by atoms with E-state index in [-0.39, 0.29) is 5.41 Å². The van der Waals surface area contributed by atoms with Crippen LogP contribution in [0, 0.1) is 0 Å². The van der Waals surface area contributed by atoms with Crippen molar-refractivity contribution in [1.82, 2.24) is 14.8 Å². The summed E-state index contributed by atoms with van der Waals surface area (Å²) in [7, 11) is 0. The number of carbonyl (C=O) groups is 1. The van der Waals surface area contributed by atoms with E-state index in [2.05, 4.69) is 38.2 Å². The molecule has 4 rings (SSSR count). The number of amides is 1. The first-order chi connectivity index (χ1) is 15.2. The van der Waals surface area contributed by atoms with Crippen LogP contribution in [0.25, 0.3) is 11.4 Å². The van der Waals surface area contributed by atoms with Crippen LogP contribution < -0.4 is 15.8 Å². The lowest BCUT2D eigenvalue weighted by Crippen LogP contribution is -2.31. The van der Waals surface area contributed by atoms with E-state index in [1.165, 1.54) is 5.56 Å². The number of carbonyl (C=O) groups excluding carboxylic acids is 1. The minimum absolute atomic E-state index is 0.0666. The van der Waals surface area contributed by atoms with Crippen molar-refractivity contribution in [3.63, 3.8) is 0 Å². The van der Waals surface area contributed by atoms with E-state index in [9.17, 15) is 4.79 Å². The Balaban J connectivity index is 1.77. The number of allylic oxidation sites excluding steroid dienone is 1. The third-order valence-electron chi connectivity index (χ3n) is 5.63. The normalized spacial score (nSPS) is 15.8. The summed E-state index contributed by atoms with van der Waals surface area (Å²) < 4.78 is 7.29. The number of fused-ring (bicyclic) bond motifs is 1. The molecule has 0 aliphatic carbocycles. The summed E-state index contributed by atoms with van der Waals surface area (Å²) >= 11 is 0. The summed E-state index contributed by atoms with van der Waals surface area (Å²) in [6.07, 6.45) is 0. The van der Waals surface area contributed by atoms with Gasteiger partial charge in [0.2, 0.25) is 11.9 Å². The van der Waals surface area contributed by atoms with Crippen molar-refractivity contribution in [3.8, 4) is 17.1 Å². The third kappa shape index (κ3) is 3.98. The lowest BCUT2D eigenvalue weighted by atomic mass is 9.87. The van der Waals surface area contributed by atoms with Crippen LogP contribution >= 0.6 is 0 Å². The number of hydrogen-bond acceptors (Lipinski definition) is 5. The van der Waals surface area contributed by atoms with Crippen molar-refractivity contribution in [2.24, 2.45) is 5.73 Å². The average molecular weight is 432 g/mol. The molecule has 0 saturated heterocycles. The van der Waals surface area contributed by atoms with Gasteiger partial charge in [-0.2, -0.15) is 4.98 Å². The van der Waals surface area contributed by atoms with E-state index in [4.69, 9.17) is 20.6 Å². The SMILES string of the molecule is CCOc1ccc(C2C(C(N)=O)=C(C)Nc3nc(-c4ccc(C(C)(C)C)cc4)nn32)cc1. The van der Waals surface area contributed by atoms with Gasteiger partial charge in [0, 0.05) is 11.3 Å². The quantitative estimate of drug-likeness (QED) is 0.624. The number of hydrogen-bond donors (Lipinski definition) is 2. The molecular formula is C25H29N5O2. The van der Waals surface area contributed by atoms with Crippen molar-refractivity contribution >= 4 is 11.9 Å². The Morgan fingerprint density at radius 3 is 2.34 bits per heavy atom. The second kappa shape index (κ2) is 8.15. The van der Waals surface area contributed by atoms with Gasteiger partial charge in [-0.1, -0.05) is 57.2 Å². The van der Waals surface area contributed by atoms with Crippen molar-refractivity contribution in [2.45, 2.75) is 46.1 Å². The standard InChI is InChI=1S/C25H29N5O2/c1-6-32-19-13-9-16(10-14-19)21-20(22(26)31)15(2)27-24-28-23(29-30(21)24)17-7-11-18(12-8-17)25(3,4)5/h7-14,21H,6H2,1-5H3,(H2,26,31)(H,27,28,29). The van der Waals surface area contributed by atoms with Gasteiger partial charge in [0.25, 0.3) is 0 Å². The molecule has 1 aliphatic rings. The zero-order valence-electron chi connectivity index (χ0n) is 19.1. The van der Waals surface area contributed by atoms with E-state index in [1.807, 2.05) is 50.2 Å². The minimum Gasteiger partial charge on any atom is -0.494 e. The van der Waals surface area contributed by atoms with Gasteiger partial charge in [0.1, 0.15) is 11.8 Å². The fraction of sp³-hybridized carbons (Fsp3) is 0.320. The first-order valence-corrected chi connectivity index (χ1v) is 10.8. The van der Waals surface area contributed by atoms with E-state index in [0.29, 0.717) is 29.6 Å². The van der Waals surface area contributed by atoms with Crippen LogP contribution in [0.3, 0.4) is 0 Å². The molecule has 166 valence electrons. The molecule has 2 aromatic carbocycles. The van der Waals surface area contributed by atoms with Crippen LogP contribution in [0.1, 0.15) is 51.8 Å². The van der Waals surface area contributed by atoms with Crippen LogP contribution in [0.15, 0.2) is 59.8 Å². The van der Waals surface area contributed by atoms with Gasteiger partial charge in [-0.3, -0.25) is 4.79 Å². The maximum absolute atomic E-state index is 12.4. The van der Waals surface area contributed by atoms with Gasteiger partial charge in [0.05, 0.1) is 12.2 Å². The zero-order valence-corrected chi connectivity index (χ0v) is 19.1. The molecule has 3 aromatic rings. The smallest absolute Gasteiger partial charge is 0.248 e. The molecule has 0 spiro atoms. The summed E-state index contributed by atoms with van der Waals surface area (Å²) in [5.74, 6) is 1.43. The van der Waals surface area contributed by atoms with Gasteiger partial charge in [-0.05, 0) is 42.5 Å². The summed E-state index contributed by atoms with van der Waals surface area (Å²) in [6.45, 7) is 10.9. The Labute approximate surface area is 188 Å². The molecule has 2 heterocycles. The molecule has 1 atom stereocenters. The first-order valence-electron chi connectivity index (χ1n) is 10.8. The first kappa shape index (κ1) is 21.6. The molecule has 1 unspecified atom stereocenters. The molecule has 1 aliphatic heterocycles. The third-order valence-corrected chi connectivity index (χ3v) is 5.63. The highest BCUT2D eigenvalue weighted by molar-refractivity contribution is 5.95. The molecule has 0 bridgehead atoms. The molecule has 0 radical (unpaired) electrons. The lowest BCUT2D eigenvalue weighted by molar-refractivity contribution is -0.115. The Morgan fingerprint density at radius 1 is 1.12 bits per heavy atom. The van der Waals surface area contributed by atoms with E-state index in [1.54, 1.807) is 4.68 Å². The van der Waals surface area contributed by atoms with E-state index >= 15 is 0 Å². The number of aromatic nitrogens is 3. The van der Waals surface area contributed by atoms with Crippen LogP contribution in [0.2, 0.25) is 0 Å². The summed E-state index contributed by atoms with van der Waals surface area (Å²) in [5.41, 5.74) is 10.00. The molecule has 1 amide bonds. The van der Waals surface area contributed by atoms with Gasteiger partial charge in [0.15, 0.2) is 5.82 Å². The highest BCUT2D eigenvalue weighted by Gasteiger charge is 2.33. The van der Waals surface area contributed by atoms with Crippen molar-refractivity contribution in [3.05, 3.63) is 70.9 Å². The largest absolute Gasteiger partial charge is 0.494 e. The monoisotopic (exact) mass is 431 g/mol. The molecule has 32 heavy (non-hydrogen) atoms. The van der Waals surface area contributed by atoms with Gasteiger partial charge in [-0.25, -0.2) is 4.68 Å². The second-order valence-corrected chi connectivity index (χ2v) is 8.96. The lowest BCUT2D eigenvalue weighted by Gasteiger charge is -2.27. The Hall–Kier alpha value is -3.61. The van der Waals surface area contributed by atoms with Crippen LogP contribution in [0.5, 0.6) is 5.75 Å². The van der Waals surface area contributed by atoms with Crippen LogP contribution in [0.4, 0.5) is 5.95 Å². The van der Waals surface area contributed by atoms with Gasteiger partial charge < -0.3 is 15.8 Å². The number of ether oxygens (including phenoxy) is 1. The molecule has 7 heteroatoms. The van der Waals surface area contributed by atoms with Gasteiger partial charge >= 0.3 is 0 Å². The van der Waals surface area contributed by atoms with E-state index in [0.717, 1.165) is 16.9 Å². The number of nitrogens with two attached hydrogens (primary N) is 1. The highest BCUT2D eigenvalue weighted by Crippen LogP contribution is 2.36. The maximum Gasteiger partial charge on any atom is 0.248 e. The van der Waals surface area contributed by atoms with Crippen molar-refractivity contribution in [1.29, 1.82) is 0 Å². The second-order valence-electron chi connectivity index (χ2n) is 8.96. The summed E-state index contributed by atoms with van der Waals surface area (Å²) in [6, 6.07) is 15.4. The Kier molecular flexibility index (Phi) is 5.50. The maximum atomic E-state index is 12.4. The Morgan fingerprint density at radius 2 is 1.78 bits per heavy atom. The Bertz CT molecular complexity index is 1170. The summed E-state index contributed by atoms with van der Waals surface area (Å²) in [5, 5.41) is 7.96. The number of rotatable bonds is 5. The number of nitrogens with one attached hydrogen (secondary N) is 1. The molecule has 0 fully saturated rings. The van der Waals surface area contributed by atoms with Crippen LogP contribution in [-0.2, 0) is 10.2 Å². The molecule has 7 nitrogen and oxygen atoms in total. The number of benzene rings is 2. The predicted octanol–water partition coefficient (Wildman–Crippen LogP) is 4.42. The molecular weight excluding hydrogens is 402 g/mol. The number of primary amides is 1. The molecule has 1 aromatic heterocycles. The van der Waals surface area contributed by atoms with Gasteiger partial charge in [-0.15, -0.1) is 5.10 Å². The van der Waals surface area contributed by atoms with Crippen molar-refractivity contribution in [2.75, 3.05) is 11.9 Å². The van der Waals surface area contributed by atoms with Crippen LogP contribution in [-0.4, -0.2) is 27.3 Å². The summed E-state index contributed by atoms with van der Waals surface area (Å²) in [4.78, 5) is 17.1. The topological polar surface area (TPSA) is 95.1 Å². The fourth-order valence-electron chi connectivity index (χ4n) is 3.93. The minimum atomic E-state index is -0.494. The predicted molar refractivity (Wildman–Crippen MR) is 125 cm³/mol. The number of nitrogens with zero attached hydrogens (tertiary/aromatic N) is 3. The van der Waals surface area contributed by atoms with Crippen molar-refractivity contribution < 1.29 is 9.53 Å². The molecule has 0 saturated carbocycles. The molecule has 3 N–H and O–H groups in total.